The zero-order valence-electron chi connectivity index (χ0n) is 10.5. The van der Waals surface area contributed by atoms with Gasteiger partial charge in [-0.15, -0.1) is 0 Å². The standard InChI is InChI=1S/C14H13BrO4/c1-14(2)13(15)11(17)10-8(19-14)5-3-7-4-6-9(16)18-12(7)10/h3-6,11,13,17H,1-2H3/t11-,13+/m1/s1. The molecule has 3 rings (SSSR count). The Bertz CT molecular complexity index is 704. The van der Waals surface area contributed by atoms with Gasteiger partial charge in [0.25, 0.3) is 0 Å². The molecule has 0 saturated carbocycles. The van der Waals surface area contributed by atoms with Gasteiger partial charge in [0, 0.05) is 11.5 Å². The van der Waals surface area contributed by atoms with Crippen molar-refractivity contribution < 1.29 is 14.3 Å². The van der Waals surface area contributed by atoms with Gasteiger partial charge in [0.1, 0.15) is 23.0 Å². The minimum absolute atomic E-state index is 0.288. The summed E-state index contributed by atoms with van der Waals surface area (Å²) in [6.45, 7) is 3.79. The fourth-order valence-electron chi connectivity index (χ4n) is 2.37. The first kappa shape index (κ1) is 12.7. The number of hydrogen-bond donors (Lipinski definition) is 1. The number of halogens is 1. The average Bonchev–Trinajstić information content (AvgIpc) is 2.35. The van der Waals surface area contributed by atoms with Crippen molar-refractivity contribution in [1.82, 2.24) is 0 Å². The van der Waals surface area contributed by atoms with Crippen molar-refractivity contribution in [2.24, 2.45) is 0 Å². The van der Waals surface area contributed by atoms with Crippen molar-refractivity contribution >= 4 is 26.9 Å². The largest absolute Gasteiger partial charge is 0.486 e. The third kappa shape index (κ3) is 1.88. The van der Waals surface area contributed by atoms with Crippen molar-refractivity contribution in [1.29, 1.82) is 0 Å². The summed E-state index contributed by atoms with van der Waals surface area (Å²) >= 11 is 3.45. The number of aliphatic hydroxyl groups excluding tert-OH is 1. The number of rotatable bonds is 0. The van der Waals surface area contributed by atoms with Crippen molar-refractivity contribution in [3.8, 4) is 5.75 Å². The molecule has 4 nitrogen and oxygen atoms in total. The highest BCUT2D eigenvalue weighted by molar-refractivity contribution is 9.09. The SMILES string of the molecule is CC1(C)Oc2ccc3ccc(=O)oc3c2[C@@H](O)[C@@H]1Br. The molecule has 1 aliphatic rings. The Morgan fingerprint density at radius 1 is 1.26 bits per heavy atom. The van der Waals surface area contributed by atoms with Gasteiger partial charge in [-0.2, -0.15) is 0 Å². The Morgan fingerprint density at radius 3 is 2.68 bits per heavy atom. The smallest absolute Gasteiger partial charge is 0.336 e. The van der Waals surface area contributed by atoms with E-state index in [9.17, 15) is 9.90 Å². The minimum Gasteiger partial charge on any atom is -0.486 e. The van der Waals surface area contributed by atoms with Crippen LogP contribution in [-0.4, -0.2) is 15.5 Å². The van der Waals surface area contributed by atoms with Gasteiger partial charge in [-0.25, -0.2) is 4.79 Å². The van der Waals surface area contributed by atoms with Crippen molar-refractivity contribution in [3.63, 3.8) is 0 Å². The number of fused-ring (bicyclic) bond motifs is 3. The molecule has 0 unspecified atom stereocenters. The Labute approximate surface area is 118 Å². The van der Waals surface area contributed by atoms with Gasteiger partial charge < -0.3 is 14.3 Å². The second-order valence-electron chi connectivity index (χ2n) is 5.20. The summed E-state index contributed by atoms with van der Waals surface area (Å²) in [5.41, 5.74) is -0.0762. The topological polar surface area (TPSA) is 59.7 Å². The van der Waals surface area contributed by atoms with Gasteiger partial charge in [-0.1, -0.05) is 15.9 Å². The lowest BCUT2D eigenvalue weighted by atomic mass is 9.90. The first-order chi connectivity index (χ1) is 8.90. The highest BCUT2D eigenvalue weighted by Crippen LogP contribution is 2.45. The highest BCUT2D eigenvalue weighted by Gasteiger charge is 2.43. The second kappa shape index (κ2) is 4.08. The molecule has 0 spiro atoms. The molecule has 1 N–H and O–H groups in total. The second-order valence-corrected chi connectivity index (χ2v) is 6.19. The van der Waals surface area contributed by atoms with E-state index in [1.165, 1.54) is 6.07 Å². The summed E-state index contributed by atoms with van der Waals surface area (Å²) < 4.78 is 11.1. The molecule has 0 amide bonds. The van der Waals surface area contributed by atoms with E-state index in [0.717, 1.165) is 5.39 Å². The zero-order valence-corrected chi connectivity index (χ0v) is 12.1. The normalized spacial score (nSPS) is 24.8. The van der Waals surface area contributed by atoms with Gasteiger partial charge in [0.05, 0.1) is 10.4 Å². The lowest BCUT2D eigenvalue weighted by molar-refractivity contribution is 0.0230. The van der Waals surface area contributed by atoms with Crippen LogP contribution in [0.15, 0.2) is 33.5 Å². The van der Waals surface area contributed by atoms with E-state index in [2.05, 4.69) is 15.9 Å². The van der Waals surface area contributed by atoms with E-state index in [-0.39, 0.29) is 4.83 Å². The highest BCUT2D eigenvalue weighted by atomic mass is 79.9. The molecule has 2 aromatic rings. The summed E-state index contributed by atoms with van der Waals surface area (Å²) in [5, 5.41) is 11.2. The predicted octanol–water partition coefficient (Wildman–Crippen LogP) is 2.76. The number of benzene rings is 1. The molecule has 2 heterocycles. The number of ether oxygens (including phenoxy) is 1. The van der Waals surface area contributed by atoms with Crippen LogP contribution < -0.4 is 10.4 Å². The summed E-state index contributed by atoms with van der Waals surface area (Å²) in [5.74, 6) is 0.551. The third-order valence-electron chi connectivity index (χ3n) is 3.40. The molecular weight excluding hydrogens is 312 g/mol. The summed E-state index contributed by atoms with van der Waals surface area (Å²) in [4.78, 5) is 11.1. The average molecular weight is 325 g/mol. The minimum atomic E-state index is -0.798. The zero-order chi connectivity index (χ0) is 13.8. The van der Waals surface area contributed by atoms with E-state index in [1.54, 1.807) is 12.1 Å². The van der Waals surface area contributed by atoms with E-state index in [4.69, 9.17) is 9.15 Å². The Balaban J connectivity index is 2.33. The predicted molar refractivity (Wildman–Crippen MR) is 74.9 cm³/mol. The Morgan fingerprint density at radius 2 is 1.95 bits per heavy atom. The van der Waals surface area contributed by atoms with E-state index in [0.29, 0.717) is 16.9 Å². The summed E-state index contributed by atoms with van der Waals surface area (Å²) in [7, 11) is 0. The molecule has 19 heavy (non-hydrogen) atoms. The maximum absolute atomic E-state index is 11.4. The van der Waals surface area contributed by atoms with Crippen LogP contribution in [0, 0.1) is 0 Å². The van der Waals surface area contributed by atoms with E-state index in [1.807, 2.05) is 19.9 Å². The molecule has 5 heteroatoms. The van der Waals surface area contributed by atoms with Gasteiger partial charge in [0.15, 0.2) is 0 Å². The van der Waals surface area contributed by atoms with E-state index < -0.39 is 17.3 Å². The number of alkyl halides is 1. The lowest BCUT2D eigenvalue weighted by Gasteiger charge is -2.40. The third-order valence-corrected chi connectivity index (χ3v) is 5.00. The Kier molecular flexibility index (Phi) is 2.73. The fourth-order valence-corrected chi connectivity index (χ4v) is 2.73. The van der Waals surface area contributed by atoms with Gasteiger partial charge >= 0.3 is 5.63 Å². The van der Waals surface area contributed by atoms with Crippen LogP contribution in [-0.2, 0) is 0 Å². The van der Waals surface area contributed by atoms with Crippen LogP contribution in [0.3, 0.4) is 0 Å². The molecule has 2 atom stereocenters. The molecule has 1 aliphatic heterocycles. The molecule has 0 fully saturated rings. The molecule has 0 radical (unpaired) electrons. The van der Waals surface area contributed by atoms with Crippen LogP contribution in [0.25, 0.3) is 11.0 Å². The van der Waals surface area contributed by atoms with Crippen LogP contribution in [0.1, 0.15) is 25.5 Å². The van der Waals surface area contributed by atoms with Crippen molar-refractivity contribution in [3.05, 3.63) is 40.2 Å². The maximum atomic E-state index is 11.4. The molecule has 0 saturated heterocycles. The van der Waals surface area contributed by atoms with Crippen LogP contribution >= 0.6 is 15.9 Å². The van der Waals surface area contributed by atoms with Crippen LogP contribution in [0.5, 0.6) is 5.75 Å². The summed E-state index contributed by atoms with van der Waals surface area (Å²) in [6, 6.07) is 6.65. The van der Waals surface area contributed by atoms with Gasteiger partial charge in [-0.05, 0) is 32.0 Å². The van der Waals surface area contributed by atoms with E-state index >= 15 is 0 Å². The lowest BCUT2D eigenvalue weighted by Crippen LogP contribution is -2.45. The van der Waals surface area contributed by atoms with Crippen LogP contribution in [0.4, 0.5) is 0 Å². The molecular formula is C14H13BrO4. The maximum Gasteiger partial charge on any atom is 0.336 e. The monoisotopic (exact) mass is 324 g/mol. The van der Waals surface area contributed by atoms with Gasteiger partial charge in [0.2, 0.25) is 0 Å². The van der Waals surface area contributed by atoms with Gasteiger partial charge in [-0.3, -0.25) is 0 Å². The molecule has 100 valence electrons. The summed E-state index contributed by atoms with van der Waals surface area (Å²) in [6.07, 6.45) is -0.798. The van der Waals surface area contributed by atoms with Crippen LogP contribution in [0.2, 0.25) is 0 Å². The number of hydrogen-bond acceptors (Lipinski definition) is 4. The van der Waals surface area contributed by atoms with Crippen molar-refractivity contribution in [2.75, 3.05) is 0 Å². The first-order valence-corrected chi connectivity index (χ1v) is 6.89. The fraction of sp³-hybridized carbons (Fsp3) is 0.357. The molecule has 0 aliphatic carbocycles. The number of aliphatic hydroxyl groups is 1. The quantitative estimate of drug-likeness (QED) is 0.598. The van der Waals surface area contributed by atoms with Crippen molar-refractivity contribution in [2.45, 2.75) is 30.4 Å². The first-order valence-electron chi connectivity index (χ1n) is 5.98. The molecule has 1 aromatic carbocycles. The molecule has 0 bridgehead atoms. The molecule has 1 aromatic heterocycles. The Hall–Kier alpha value is -1.33.